The second kappa shape index (κ2) is 9.77. The van der Waals surface area contributed by atoms with E-state index < -0.39 is 11.6 Å². The van der Waals surface area contributed by atoms with Gasteiger partial charge in [0.25, 0.3) is 5.91 Å². The molecule has 0 spiro atoms. The van der Waals surface area contributed by atoms with Gasteiger partial charge in [-0.05, 0) is 47.9 Å². The van der Waals surface area contributed by atoms with E-state index in [9.17, 15) is 14.7 Å². The third-order valence-electron chi connectivity index (χ3n) is 7.92. The first-order valence-electron chi connectivity index (χ1n) is 13.1. The van der Waals surface area contributed by atoms with Crippen LogP contribution in [0.25, 0.3) is 10.9 Å². The number of imide groups is 1. The summed E-state index contributed by atoms with van der Waals surface area (Å²) in [5.41, 5.74) is 2.39. The van der Waals surface area contributed by atoms with Crippen LogP contribution in [0.2, 0.25) is 0 Å². The van der Waals surface area contributed by atoms with E-state index in [2.05, 4.69) is 9.97 Å². The Morgan fingerprint density at radius 2 is 2.03 bits per heavy atom. The quantitative estimate of drug-likeness (QED) is 0.252. The lowest BCUT2D eigenvalue weighted by atomic mass is 9.78. The molecule has 3 amide bonds. The summed E-state index contributed by atoms with van der Waals surface area (Å²) < 4.78 is 12.8. The van der Waals surface area contributed by atoms with Crippen molar-refractivity contribution in [2.75, 3.05) is 26.9 Å². The van der Waals surface area contributed by atoms with Crippen molar-refractivity contribution in [2.24, 2.45) is 0 Å². The van der Waals surface area contributed by atoms with Crippen LogP contribution in [0.4, 0.5) is 4.79 Å². The number of hydrogen-bond acceptors (Lipinski definition) is 6. The number of hydrogen-bond donors (Lipinski definition) is 2. The number of aromatic nitrogens is 3. The molecule has 39 heavy (non-hydrogen) atoms. The van der Waals surface area contributed by atoms with E-state index >= 15 is 0 Å². The van der Waals surface area contributed by atoms with Gasteiger partial charge >= 0.3 is 6.03 Å². The zero-order chi connectivity index (χ0) is 27.1. The van der Waals surface area contributed by atoms with E-state index in [1.165, 1.54) is 4.90 Å². The molecular formula is C29H31N5O5. The van der Waals surface area contributed by atoms with Crippen molar-refractivity contribution >= 4 is 22.8 Å². The molecule has 10 nitrogen and oxygen atoms in total. The molecule has 2 atom stereocenters. The molecule has 2 N–H and O–H groups in total. The maximum atomic E-state index is 14.2. The lowest BCUT2D eigenvalue weighted by Crippen LogP contribution is -2.55. The van der Waals surface area contributed by atoms with Crippen LogP contribution >= 0.6 is 0 Å². The molecule has 2 unspecified atom stereocenters. The van der Waals surface area contributed by atoms with Gasteiger partial charge in [-0.1, -0.05) is 19.1 Å². The van der Waals surface area contributed by atoms with Gasteiger partial charge in [0.2, 0.25) is 0 Å². The summed E-state index contributed by atoms with van der Waals surface area (Å²) in [6.45, 7) is 3.55. The van der Waals surface area contributed by atoms with Crippen LogP contribution in [-0.4, -0.2) is 73.8 Å². The van der Waals surface area contributed by atoms with Gasteiger partial charge in [-0.2, -0.15) is 0 Å². The maximum Gasteiger partial charge on any atom is 0.328 e. The minimum atomic E-state index is -1.06. The Morgan fingerprint density at radius 1 is 1.15 bits per heavy atom. The van der Waals surface area contributed by atoms with Crippen LogP contribution in [0.3, 0.4) is 0 Å². The number of carbonyl (C=O) groups is 2. The van der Waals surface area contributed by atoms with Crippen LogP contribution in [-0.2, 0) is 22.5 Å². The number of phenols is 1. The van der Waals surface area contributed by atoms with Crippen LogP contribution in [0.1, 0.15) is 36.2 Å². The van der Waals surface area contributed by atoms with Gasteiger partial charge in [-0.25, -0.2) is 9.78 Å². The molecule has 2 aliphatic heterocycles. The highest BCUT2D eigenvalue weighted by Crippen LogP contribution is 2.50. The Hall–Kier alpha value is -4.31. The van der Waals surface area contributed by atoms with Gasteiger partial charge in [0.1, 0.15) is 29.7 Å². The van der Waals surface area contributed by atoms with Crippen molar-refractivity contribution < 1.29 is 24.2 Å². The molecule has 0 aliphatic carbocycles. The first kappa shape index (κ1) is 25.0. The number of imidazole rings is 1. The van der Waals surface area contributed by atoms with Gasteiger partial charge in [0, 0.05) is 55.6 Å². The van der Waals surface area contributed by atoms with Crippen molar-refractivity contribution in [2.45, 2.75) is 37.9 Å². The van der Waals surface area contributed by atoms with Gasteiger partial charge in [0.05, 0.1) is 12.9 Å². The topological polar surface area (TPSA) is 113 Å². The number of aromatic hydroxyl groups is 1. The number of H-pyrrole nitrogens is 1. The lowest BCUT2D eigenvalue weighted by Gasteiger charge is -2.44. The molecule has 2 aliphatic rings. The Morgan fingerprint density at radius 3 is 2.77 bits per heavy atom. The fourth-order valence-corrected chi connectivity index (χ4v) is 5.99. The molecule has 10 heteroatoms. The molecule has 0 bridgehead atoms. The van der Waals surface area contributed by atoms with Gasteiger partial charge in [0.15, 0.2) is 0 Å². The third kappa shape index (κ3) is 4.02. The number of rotatable bonds is 9. The van der Waals surface area contributed by atoms with Crippen LogP contribution < -0.4 is 4.74 Å². The number of urea groups is 1. The zero-order valence-electron chi connectivity index (χ0n) is 22.0. The normalized spacial score (nSPS) is 20.5. The van der Waals surface area contributed by atoms with Gasteiger partial charge in [-0.15, -0.1) is 0 Å². The van der Waals surface area contributed by atoms with Crippen molar-refractivity contribution in [3.05, 3.63) is 78.0 Å². The standard InChI is InChI=1S/C29H31N5O5/c1-3-29-17-23-22-16-21(39-14-13-38-2)7-8-24(22)31-25(23)26(19-5-4-6-20(35)15-19)34(29)28(37)33(27(29)36)12-11-32-10-9-30-18-32/h4-10,15-16,18,26,31,35H,3,11-14,17H2,1-2H3. The third-order valence-corrected chi connectivity index (χ3v) is 7.92. The molecule has 2 aromatic heterocycles. The van der Waals surface area contributed by atoms with E-state index in [1.807, 2.05) is 42.0 Å². The lowest BCUT2D eigenvalue weighted by molar-refractivity contribution is -0.134. The monoisotopic (exact) mass is 529 g/mol. The number of methoxy groups -OCH3 is 1. The van der Waals surface area contributed by atoms with E-state index in [0.717, 1.165) is 27.7 Å². The summed E-state index contributed by atoms with van der Waals surface area (Å²) in [5, 5.41) is 11.3. The highest BCUT2D eigenvalue weighted by atomic mass is 16.5. The number of ether oxygens (including phenoxy) is 2. The molecule has 1 saturated heterocycles. The summed E-state index contributed by atoms with van der Waals surface area (Å²) in [6.07, 6.45) is 5.99. The molecule has 2 aromatic carbocycles. The Kier molecular flexibility index (Phi) is 6.26. The number of nitrogens with zero attached hydrogens (tertiary/aromatic N) is 4. The first-order chi connectivity index (χ1) is 19.0. The second-order valence-electron chi connectivity index (χ2n) is 10.0. The number of nitrogens with one attached hydrogen (secondary N) is 1. The smallest absolute Gasteiger partial charge is 0.328 e. The second-order valence-corrected chi connectivity index (χ2v) is 10.0. The molecular weight excluding hydrogens is 498 g/mol. The minimum Gasteiger partial charge on any atom is -0.508 e. The Balaban J connectivity index is 1.48. The van der Waals surface area contributed by atoms with Crippen molar-refractivity contribution in [3.8, 4) is 11.5 Å². The van der Waals surface area contributed by atoms with E-state index in [0.29, 0.717) is 38.3 Å². The van der Waals surface area contributed by atoms with Gasteiger partial charge in [-0.3, -0.25) is 14.6 Å². The predicted octanol–water partition coefficient (Wildman–Crippen LogP) is 3.85. The Labute approximate surface area is 225 Å². The summed E-state index contributed by atoms with van der Waals surface area (Å²) in [6, 6.07) is 11.8. The molecule has 0 saturated carbocycles. The van der Waals surface area contributed by atoms with Gasteiger partial charge < -0.3 is 24.1 Å². The molecule has 0 radical (unpaired) electrons. The number of phenolic OH excluding ortho intramolecular Hbond substituents is 1. The Bertz CT molecular complexity index is 1530. The first-order valence-corrected chi connectivity index (χ1v) is 13.1. The molecule has 6 rings (SSSR count). The SMILES string of the molecule is CCC12Cc3c([nH]c4ccc(OCCOC)cc34)C(c3cccc(O)c3)N1C(=O)N(CCn1ccnc1)C2=O. The molecule has 1 fully saturated rings. The summed E-state index contributed by atoms with van der Waals surface area (Å²) in [5.74, 6) is 0.605. The number of benzene rings is 2. The average Bonchev–Trinajstić information content (AvgIpc) is 3.63. The van der Waals surface area contributed by atoms with Crippen molar-refractivity contribution in [1.29, 1.82) is 0 Å². The number of fused-ring (bicyclic) bond motifs is 4. The number of amides is 3. The zero-order valence-corrected chi connectivity index (χ0v) is 22.0. The molecule has 202 valence electrons. The van der Waals surface area contributed by atoms with E-state index in [1.54, 1.807) is 42.7 Å². The molecule has 4 heterocycles. The average molecular weight is 530 g/mol. The van der Waals surface area contributed by atoms with E-state index in [-0.39, 0.29) is 24.2 Å². The number of carbonyl (C=O) groups excluding carboxylic acids is 2. The van der Waals surface area contributed by atoms with Crippen LogP contribution in [0, 0.1) is 0 Å². The van der Waals surface area contributed by atoms with Crippen LogP contribution in [0.15, 0.2) is 61.2 Å². The van der Waals surface area contributed by atoms with Crippen LogP contribution in [0.5, 0.6) is 11.5 Å². The minimum absolute atomic E-state index is 0.0987. The fraction of sp³-hybridized carbons (Fsp3) is 0.345. The summed E-state index contributed by atoms with van der Waals surface area (Å²) >= 11 is 0. The largest absolute Gasteiger partial charge is 0.508 e. The number of aromatic amines is 1. The van der Waals surface area contributed by atoms with Crippen molar-refractivity contribution in [1.82, 2.24) is 24.3 Å². The summed E-state index contributed by atoms with van der Waals surface area (Å²) in [4.78, 5) is 38.9. The predicted molar refractivity (Wildman–Crippen MR) is 144 cm³/mol. The van der Waals surface area contributed by atoms with Crippen molar-refractivity contribution in [3.63, 3.8) is 0 Å². The fourth-order valence-electron chi connectivity index (χ4n) is 5.99. The highest BCUT2D eigenvalue weighted by molar-refractivity contribution is 6.08. The molecule has 4 aromatic rings. The van der Waals surface area contributed by atoms with E-state index in [4.69, 9.17) is 9.47 Å². The highest BCUT2D eigenvalue weighted by Gasteiger charge is 2.61. The maximum absolute atomic E-state index is 14.2. The summed E-state index contributed by atoms with van der Waals surface area (Å²) in [7, 11) is 1.63.